The molecule has 2 saturated heterocycles. The number of piperazine rings is 1. The Labute approximate surface area is 143 Å². The smallest absolute Gasteiger partial charge is 0.243 e. The van der Waals surface area contributed by atoms with Gasteiger partial charge in [-0.25, -0.2) is 16.8 Å². The molecule has 0 radical (unpaired) electrons. The Bertz CT molecular complexity index is 802. The van der Waals surface area contributed by atoms with Crippen LogP contribution in [0.3, 0.4) is 0 Å². The Balaban J connectivity index is 1.95. The van der Waals surface area contributed by atoms with Crippen molar-refractivity contribution in [3.63, 3.8) is 0 Å². The summed E-state index contributed by atoms with van der Waals surface area (Å²) in [6.45, 7) is 4.39. The molecule has 1 N–H and O–H groups in total. The molecule has 7 nitrogen and oxygen atoms in total. The highest BCUT2D eigenvalue weighted by Gasteiger charge is 2.33. The van der Waals surface area contributed by atoms with Crippen LogP contribution in [-0.2, 0) is 20.0 Å². The Kier molecular flexibility index (Phi) is 4.99. The Morgan fingerprint density at radius 3 is 2.25 bits per heavy atom. The number of hydrogen-bond donors (Lipinski definition) is 1. The minimum Gasteiger partial charge on any atom is -0.314 e. The van der Waals surface area contributed by atoms with Gasteiger partial charge in [0.15, 0.2) is 0 Å². The lowest BCUT2D eigenvalue weighted by molar-refractivity contribution is 0.284. The summed E-state index contributed by atoms with van der Waals surface area (Å²) < 4.78 is 54.0. The van der Waals surface area contributed by atoms with Crippen molar-refractivity contribution in [3.8, 4) is 0 Å². The van der Waals surface area contributed by atoms with Crippen LogP contribution in [0.2, 0.25) is 0 Å². The fourth-order valence-electron chi connectivity index (χ4n) is 3.19. The van der Waals surface area contributed by atoms with Crippen molar-refractivity contribution in [2.75, 3.05) is 32.7 Å². The molecule has 9 heteroatoms. The summed E-state index contributed by atoms with van der Waals surface area (Å²) in [6, 6.07) is 5.56. The summed E-state index contributed by atoms with van der Waals surface area (Å²) in [5.41, 5.74) is 0. The molecule has 1 aromatic carbocycles. The van der Waals surface area contributed by atoms with Gasteiger partial charge >= 0.3 is 0 Å². The molecule has 0 spiro atoms. The lowest BCUT2D eigenvalue weighted by atomic mass is 10.3. The Morgan fingerprint density at radius 1 is 1.00 bits per heavy atom. The van der Waals surface area contributed by atoms with Crippen LogP contribution in [0.4, 0.5) is 0 Å². The second kappa shape index (κ2) is 6.72. The van der Waals surface area contributed by atoms with Gasteiger partial charge in [-0.05, 0) is 38.0 Å². The first-order chi connectivity index (χ1) is 11.3. The maximum Gasteiger partial charge on any atom is 0.243 e. The summed E-state index contributed by atoms with van der Waals surface area (Å²) in [4.78, 5) is 0.0878. The lowest BCUT2D eigenvalue weighted by Crippen LogP contribution is -2.52. The Hall–Kier alpha value is -1.00. The van der Waals surface area contributed by atoms with Gasteiger partial charge in [-0.1, -0.05) is 6.07 Å². The standard InChI is InChI=1S/C15H23N3O4S2/c1-13-12-16-7-10-18(13)24(21,22)15-6-4-5-14(11-15)23(19,20)17-8-2-3-9-17/h4-6,11,13,16H,2-3,7-10,12H2,1H3. The van der Waals surface area contributed by atoms with Gasteiger partial charge in [0, 0.05) is 38.8 Å². The monoisotopic (exact) mass is 373 g/mol. The minimum atomic E-state index is -3.71. The van der Waals surface area contributed by atoms with Crippen molar-refractivity contribution < 1.29 is 16.8 Å². The van der Waals surface area contributed by atoms with Crippen LogP contribution in [0.5, 0.6) is 0 Å². The molecule has 2 aliphatic rings. The third kappa shape index (κ3) is 3.23. The van der Waals surface area contributed by atoms with E-state index in [1.54, 1.807) is 0 Å². The van der Waals surface area contributed by atoms with Crippen LogP contribution >= 0.6 is 0 Å². The van der Waals surface area contributed by atoms with E-state index in [0.29, 0.717) is 32.7 Å². The summed E-state index contributed by atoms with van der Waals surface area (Å²) in [6.07, 6.45) is 1.69. The quantitative estimate of drug-likeness (QED) is 0.828. The largest absolute Gasteiger partial charge is 0.314 e. The molecule has 2 fully saturated rings. The third-order valence-electron chi connectivity index (χ3n) is 4.56. The molecule has 3 rings (SSSR count). The molecule has 1 aromatic rings. The average Bonchev–Trinajstić information content (AvgIpc) is 3.10. The predicted octanol–water partition coefficient (Wildman–Crippen LogP) is 0.454. The zero-order valence-corrected chi connectivity index (χ0v) is 15.3. The second-order valence-corrected chi connectivity index (χ2v) is 10.1. The highest BCUT2D eigenvalue weighted by Crippen LogP contribution is 2.25. The molecule has 0 amide bonds. The van der Waals surface area contributed by atoms with Crippen molar-refractivity contribution in [1.82, 2.24) is 13.9 Å². The zero-order chi connectivity index (χ0) is 17.4. The second-order valence-electron chi connectivity index (χ2n) is 6.25. The average molecular weight is 374 g/mol. The third-order valence-corrected chi connectivity index (χ3v) is 8.46. The van der Waals surface area contributed by atoms with E-state index < -0.39 is 20.0 Å². The van der Waals surface area contributed by atoms with Crippen LogP contribution in [0.15, 0.2) is 34.1 Å². The van der Waals surface area contributed by atoms with Crippen LogP contribution in [-0.4, -0.2) is 64.2 Å². The molecule has 2 aliphatic heterocycles. The first-order valence-corrected chi connectivity index (χ1v) is 11.0. The number of nitrogens with one attached hydrogen (secondary N) is 1. The maximum atomic E-state index is 12.9. The van der Waals surface area contributed by atoms with Gasteiger partial charge in [0.1, 0.15) is 0 Å². The van der Waals surface area contributed by atoms with Crippen LogP contribution in [0.1, 0.15) is 19.8 Å². The normalized spacial score (nSPS) is 24.3. The van der Waals surface area contributed by atoms with Gasteiger partial charge in [-0.3, -0.25) is 0 Å². The fourth-order valence-corrected chi connectivity index (χ4v) is 6.50. The fraction of sp³-hybridized carbons (Fsp3) is 0.600. The number of hydrogen-bond acceptors (Lipinski definition) is 5. The van der Waals surface area contributed by atoms with Gasteiger partial charge < -0.3 is 5.32 Å². The van der Waals surface area contributed by atoms with Crippen molar-refractivity contribution in [2.24, 2.45) is 0 Å². The highest BCUT2D eigenvalue weighted by molar-refractivity contribution is 7.90. The predicted molar refractivity (Wildman–Crippen MR) is 90.7 cm³/mol. The molecular weight excluding hydrogens is 350 g/mol. The maximum absolute atomic E-state index is 12.9. The molecular formula is C15H23N3O4S2. The summed E-state index contributed by atoms with van der Waals surface area (Å²) in [5, 5.41) is 3.15. The topological polar surface area (TPSA) is 86.8 Å². The molecule has 0 aliphatic carbocycles. The SMILES string of the molecule is CC1CNCCN1S(=O)(=O)c1cccc(S(=O)(=O)N2CCCC2)c1. The van der Waals surface area contributed by atoms with Crippen molar-refractivity contribution in [1.29, 1.82) is 0 Å². The van der Waals surface area contributed by atoms with Gasteiger partial charge in [0.2, 0.25) is 20.0 Å². The van der Waals surface area contributed by atoms with E-state index in [2.05, 4.69) is 5.32 Å². The highest BCUT2D eigenvalue weighted by atomic mass is 32.2. The molecule has 134 valence electrons. The number of sulfonamides is 2. The van der Waals surface area contributed by atoms with Crippen LogP contribution < -0.4 is 5.32 Å². The summed E-state index contributed by atoms with van der Waals surface area (Å²) in [5.74, 6) is 0. The number of benzene rings is 1. The van der Waals surface area contributed by atoms with Crippen LogP contribution in [0, 0.1) is 0 Å². The number of rotatable bonds is 4. The van der Waals surface area contributed by atoms with E-state index in [0.717, 1.165) is 12.8 Å². The van der Waals surface area contributed by atoms with Crippen LogP contribution in [0.25, 0.3) is 0 Å². The van der Waals surface area contributed by atoms with Gasteiger partial charge in [0.05, 0.1) is 9.79 Å². The van der Waals surface area contributed by atoms with E-state index >= 15 is 0 Å². The molecule has 0 saturated carbocycles. The van der Waals surface area contributed by atoms with E-state index in [9.17, 15) is 16.8 Å². The molecule has 0 bridgehead atoms. The zero-order valence-electron chi connectivity index (χ0n) is 13.7. The molecule has 1 unspecified atom stereocenters. The molecule has 24 heavy (non-hydrogen) atoms. The summed E-state index contributed by atoms with van der Waals surface area (Å²) in [7, 11) is -7.33. The van der Waals surface area contributed by atoms with Crippen molar-refractivity contribution in [3.05, 3.63) is 24.3 Å². The van der Waals surface area contributed by atoms with E-state index in [1.165, 1.54) is 32.9 Å². The van der Waals surface area contributed by atoms with E-state index in [1.807, 2.05) is 6.92 Å². The van der Waals surface area contributed by atoms with Crippen molar-refractivity contribution in [2.45, 2.75) is 35.6 Å². The molecule has 2 heterocycles. The van der Waals surface area contributed by atoms with E-state index in [4.69, 9.17) is 0 Å². The molecule has 0 aromatic heterocycles. The first kappa shape index (κ1) is 17.8. The van der Waals surface area contributed by atoms with Gasteiger partial charge in [-0.2, -0.15) is 8.61 Å². The van der Waals surface area contributed by atoms with Gasteiger partial charge in [-0.15, -0.1) is 0 Å². The first-order valence-electron chi connectivity index (χ1n) is 8.16. The Morgan fingerprint density at radius 2 is 1.62 bits per heavy atom. The van der Waals surface area contributed by atoms with Gasteiger partial charge in [0.25, 0.3) is 0 Å². The summed E-state index contributed by atoms with van der Waals surface area (Å²) >= 11 is 0. The van der Waals surface area contributed by atoms with E-state index in [-0.39, 0.29) is 15.8 Å². The minimum absolute atomic E-state index is 0.0384. The lowest BCUT2D eigenvalue weighted by Gasteiger charge is -2.32. The van der Waals surface area contributed by atoms with Crippen molar-refractivity contribution >= 4 is 20.0 Å². The number of nitrogens with zero attached hydrogens (tertiary/aromatic N) is 2. The molecule has 1 atom stereocenters.